The third-order valence-corrected chi connectivity index (χ3v) is 6.62. The predicted octanol–water partition coefficient (Wildman–Crippen LogP) is 6.05. The molecule has 1 aliphatic rings. The second-order valence-electron chi connectivity index (χ2n) is 8.88. The molecule has 30 heavy (non-hydrogen) atoms. The number of nitrogens with zero attached hydrogens (tertiary/aromatic N) is 2. The molecule has 0 atom stereocenters. The van der Waals surface area contributed by atoms with Gasteiger partial charge in [0, 0.05) is 29.9 Å². The fraction of sp³-hybridized carbons (Fsp3) is 0.462. The molecule has 2 aromatic heterocycles. The fourth-order valence-corrected chi connectivity index (χ4v) is 4.69. The lowest BCUT2D eigenvalue weighted by molar-refractivity contribution is 0.267. The van der Waals surface area contributed by atoms with E-state index in [0.717, 1.165) is 30.5 Å². The van der Waals surface area contributed by atoms with Gasteiger partial charge >= 0.3 is 0 Å². The highest BCUT2D eigenvalue weighted by molar-refractivity contribution is 5.94. The molecule has 4 rings (SSSR count). The Labute approximate surface area is 180 Å². The highest BCUT2D eigenvalue weighted by Gasteiger charge is 2.23. The maximum absolute atomic E-state index is 5.25. The van der Waals surface area contributed by atoms with Crippen LogP contribution in [0.25, 0.3) is 10.8 Å². The van der Waals surface area contributed by atoms with Crippen molar-refractivity contribution in [3.05, 3.63) is 59.9 Å². The number of ether oxygens (including phenoxy) is 1. The normalized spacial score (nSPS) is 19.2. The van der Waals surface area contributed by atoms with E-state index in [-0.39, 0.29) is 0 Å². The summed E-state index contributed by atoms with van der Waals surface area (Å²) in [7, 11) is 1.66. The first kappa shape index (κ1) is 20.6. The minimum Gasteiger partial charge on any atom is -0.481 e. The molecule has 4 heteroatoms. The van der Waals surface area contributed by atoms with Crippen LogP contribution in [0, 0.1) is 11.8 Å². The van der Waals surface area contributed by atoms with Crippen LogP contribution in [0.3, 0.4) is 0 Å². The minimum absolute atomic E-state index is 0.533. The van der Waals surface area contributed by atoms with Crippen molar-refractivity contribution in [1.82, 2.24) is 9.97 Å². The highest BCUT2D eigenvalue weighted by Crippen LogP contribution is 2.33. The van der Waals surface area contributed by atoms with Gasteiger partial charge in [-0.1, -0.05) is 38.1 Å². The molecule has 1 aliphatic carbocycles. The molecule has 2 heterocycles. The van der Waals surface area contributed by atoms with E-state index in [2.05, 4.69) is 60.7 Å². The van der Waals surface area contributed by atoms with Crippen LogP contribution >= 0.6 is 0 Å². The number of hydrogen-bond donors (Lipinski definition) is 1. The average molecular weight is 404 g/mol. The van der Waals surface area contributed by atoms with Gasteiger partial charge in [0.2, 0.25) is 5.88 Å². The number of hydrogen-bond acceptors (Lipinski definition) is 4. The highest BCUT2D eigenvalue weighted by atomic mass is 16.5. The molecule has 0 unspecified atom stereocenters. The maximum Gasteiger partial charge on any atom is 0.213 e. The number of benzene rings is 1. The van der Waals surface area contributed by atoms with Crippen LogP contribution in [0.1, 0.15) is 50.7 Å². The Morgan fingerprint density at radius 1 is 1.00 bits per heavy atom. The number of rotatable bonds is 7. The Hall–Kier alpha value is -2.62. The SMILES string of the molecule is COc1cc(CCc2cnc(N[C@H]3CC[C@H](C(C)C)CC3)c3ccccc23)ccn1. The van der Waals surface area contributed by atoms with E-state index in [9.17, 15) is 0 Å². The van der Waals surface area contributed by atoms with Crippen molar-refractivity contribution >= 4 is 16.6 Å². The molecule has 1 saturated carbocycles. The largest absolute Gasteiger partial charge is 0.481 e. The Morgan fingerprint density at radius 3 is 2.50 bits per heavy atom. The first-order valence-electron chi connectivity index (χ1n) is 11.3. The van der Waals surface area contributed by atoms with E-state index >= 15 is 0 Å². The molecule has 0 radical (unpaired) electrons. The van der Waals surface area contributed by atoms with Gasteiger partial charge in [-0.2, -0.15) is 0 Å². The summed E-state index contributed by atoms with van der Waals surface area (Å²) in [4.78, 5) is 9.05. The van der Waals surface area contributed by atoms with Crippen LogP contribution in [0.5, 0.6) is 5.88 Å². The Kier molecular flexibility index (Phi) is 6.51. The molecule has 1 aromatic carbocycles. The number of aryl methyl sites for hydroxylation is 2. The van der Waals surface area contributed by atoms with Gasteiger partial charge in [0.1, 0.15) is 5.82 Å². The smallest absolute Gasteiger partial charge is 0.213 e. The summed E-state index contributed by atoms with van der Waals surface area (Å²) < 4.78 is 5.25. The van der Waals surface area contributed by atoms with E-state index in [1.165, 1.54) is 47.6 Å². The van der Waals surface area contributed by atoms with Crippen molar-refractivity contribution in [2.75, 3.05) is 12.4 Å². The Morgan fingerprint density at radius 2 is 1.77 bits per heavy atom. The molecule has 0 spiro atoms. The molecule has 0 amide bonds. The van der Waals surface area contributed by atoms with Crippen molar-refractivity contribution < 1.29 is 4.74 Å². The van der Waals surface area contributed by atoms with E-state index in [1.54, 1.807) is 7.11 Å². The quantitative estimate of drug-likeness (QED) is 0.522. The summed E-state index contributed by atoms with van der Waals surface area (Å²) in [6, 6.07) is 13.3. The zero-order valence-electron chi connectivity index (χ0n) is 18.4. The molecule has 3 aromatic rings. The van der Waals surface area contributed by atoms with E-state index in [4.69, 9.17) is 9.72 Å². The van der Waals surface area contributed by atoms with Crippen molar-refractivity contribution in [2.24, 2.45) is 11.8 Å². The van der Waals surface area contributed by atoms with Crippen LogP contribution in [0.4, 0.5) is 5.82 Å². The summed E-state index contributed by atoms with van der Waals surface area (Å²) >= 11 is 0. The summed E-state index contributed by atoms with van der Waals surface area (Å²) in [6.45, 7) is 4.71. The van der Waals surface area contributed by atoms with Crippen LogP contribution in [0.2, 0.25) is 0 Å². The number of pyridine rings is 2. The second kappa shape index (κ2) is 9.46. The number of aromatic nitrogens is 2. The molecule has 158 valence electrons. The molecule has 1 N–H and O–H groups in total. The molecular formula is C26H33N3O. The average Bonchev–Trinajstić information content (AvgIpc) is 2.79. The van der Waals surface area contributed by atoms with Crippen LogP contribution in [0.15, 0.2) is 48.8 Å². The lowest BCUT2D eigenvalue weighted by atomic mass is 9.79. The molecule has 4 nitrogen and oxygen atoms in total. The van der Waals surface area contributed by atoms with Crippen LogP contribution in [-0.4, -0.2) is 23.1 Å². The van der Waals surface area contributed by atoms with E-state index in [0.29, 0.717) is 11.9 Å². The monoisotopic (exact) mass is 403 g/mol. The second-order valence-corrected chi connectivity index (χ2v) is 8.88. The van der Waals surface area contributed by atoms with Gasteiger partial charge in [-0.15, -0.1) is 0 Å². The van der Waals surface area contributed by atoms with Crippen molar-refractivity contribution in [3.8, 4) is 5.88 Å². The van der Waals surface area contributed by atoms with Crippen molar-refractivity contribution in [2.45, 2.75) is 58.4 Å². The molecule has 0 saturated heterocycles. The van der Waals surface area contributed by atoms with Gasteiger partial charge in [0.15, 0.2) is 0 Å². The number of fused-ring (bicyclic) bond motifs is 1. The van der Waals surface area contributed by atoms with Gasteiger partial charge in [0.05, 0.1) is 7.11 Å². The van der Waals surface area contributed by atoms with Gasteiger partial charge in [-0.05, 0) is 72.9 Å². The summed E-state index contributed by atoms with van der Waals surface area (Å²) in [5.41, 5.74) is 2.52. The van der Waals surface area contributed by atoms with Gasteiger partial charge in [0.25, 0.3) is 0 Å². The summed E-state index contributed by atoms with van der Waals surface area (Å²) in [6.07, 6.45) is 10.9. The molecule has 0 aliphatic heterocycles. The van der Waals surface area contributed by atoms with Crippen LogP contribution < -0.4 is 10.1 Å². The maximum atomic E-state index is 5.25. The van der Waals surface area contributed by atoms with Gasteiger partial charge < -0.3 is 10.1 Å². The molecule has 0 bridgehead atoms. The lowest BCUT2D eigenvalue weighted by Gasteiger charge is -2.31. The van der Waals surface area contributed by atoms with Gasteiger partial charge in [-0.3, -0.25) is 0 Å². The first-order chi connectivity index (χ1) is 14.6. The number of nitrogens with one attached hydrogen (secondary N) is 1. The standard InChI is InChI=1S/C26H33N3O/c1-18(2)20-10-12-22(13-11-20)29-26-24-7-5-4-6-23(24)21(17-28-26)9-8-19-14-15-27-25(16-19)30-3/h4-7,14-18,20,22H,8-13H2,1-3H3,(H,28,29)/t20-,22-. The Balaban J connectivity index is 1.49. The fourth-order valence-electron chi connectivity index (χ4n) is 4.69. The van der Waals surface area contributed by atoms with Gasteiger partial charge in [-0.25, -0.2) is 9.97 Å². The van der Waals surface area contributed by atoms with E-state index < -0.39 is 0 Å². The summed E-state index contributed by atoms with van der Waals surface area (Å²) in [5.74, 6) is 3.38. The van der Waals surface area contributed by atoms with Crippen molar-refractivity contribution in [3.63, 3.8) is 0 Å². The lowest BCUT2D eigenvalue weighted by Crippen LogP contribution is -2.28. The number of methoxy groups -OCH3 is 1. The minimum atomic E-state index is 0.533. The first-order valence-corrected chi connectivity index (χ1v) is 11.3. The van der Waals surface area contributed by atoms with E-state index in [1.807, 2.05) is 12.3 Å². The van der Waals surface area contributed by atoms with Crippen LogP contribution in [-0.2, 0) is 12.8 Å². The number of anilines is 1. The van der Waals surface area contributed by atoms with Crippen molar-refractivity contribution in [1.29, 1.82) is 0 Å². The third kappa shape index (κ3) is 4.75. The Bertz CT molecular complexity index is 977. The third-order valence-electron chi connectivity index (χ3n) is 6.62. The predicted molar refractivity (Wildman–Crippen MR) is 124 cm³/mol. The topological polar surface area (TPSA) is 47.0 Å². The zero-order valence-corrected chi connectivity index (χ0v) is 18.4. The summed E-state index contributed by atoms with van der Waals surface area (Å²) in [5, 5.41) is 6.29. The molecular weight excluding hydrogens is 370 g/mol. The molecule has 1 fully saturated rings. The zero-order chi connectivity index (χ0) is 20.9.